The van der Waals surface area contributed by atoms with Gasteiger partial charge in [-0.05, 0) is 58.4 Å². The number of hydrogen-bond donors (Lipinski definition) is 1. The van der Waals surface area contributed by atoms with Crippen molar-refractivity contribution < 1.29 is 38.7 Å². The average molecular weight is 505 g/mol. The van der Waals surface area contributed by atoms with Gasteiger partial charge >= 0.3 is 11.7 Å². The Bertz CT molecular complexity index is 1110. The molecule has 4 aromatic rings. The van der Waals surface area contributed by atoms with Gasteiger partial charge in [-0.15, -0.1) is 0 Å². The number of nitrogens with zero attached hydrogens (tertiary/aromatic N) is 4. The van der Waals surface area contributed by atoms with Crippen LogP contribution in [0.25, 0.3) is 17.1 Å². The number of carbonyl (C=O) groups is 1. The van der Waals surface area contributed by atoms with E-state index < -0.39 is 5.91 Å². The summed E-state index contributed by atoms with van der Waals surface area (Å²) >= 11 is 5.97. The number of aromatic hydroxyl groups is 1. The first-order valence-electron chi connectivity index (χ1n) is 8.17. The van der Waals surface area contributed by atoms with Gasteiger partial charge in [-0.3, -0.25) is 4.79 Å². The molecule has 140 valence electrons. The van der Waals surface area contributed by atoms with Crippen molar-refractivity contribution in [1.82, 2.24) is 15.0 Å². The van der Waals surface area contributed by atoms with E-state index in [4.69, 9.17) is 11.6 Å². The van der Waals surface area contributed by atoms with Crippen molar-refractivity contribution in [2.75, 3.05) is 0 Å². The largest absolute Gasteiger partial charge is 1.00 e. The second-order valence-electron chi connectivity index (χ2n) is 5.77. The van der Waals surface area contributed by atoms with Crippen LogP contribution in [-0.2, 0) is 0 Å². The monoisotopic (exact) mass is 504 g/mol. The summed E-state index contributed by atoms with van der Waals surface area (Å²) in [5, 5.41) is 19.5. The van der Waals surface area contributed by atoms with Crippen LogP contribution < -0.4 is 28.8 Å². The molecule has 1 heterocycles. The Hall–Kier alpha value is -2.78. The number of para-hydroxylation sites is 1. The standard InChI is InChI=1S/C20H13ClN4O2.HI/c21-15-10-12-16(13-11-15)24-22-19(14-6-2-1-3-7-14)23-25(24)20(27)17-8-4-5-9-18(17)26;/h1-13H;1H. The second-order valence-corrected chi connectivity index (χ2v) is 6.20. The van der Waals surface area contributed by atoms with E-state index in [9.17, 15) is 9.90 Å². The number of aromatic nitrogens is 4. The first-order chi connectivity index (χ1) is 13.1. The number of carbonyl (C=O) groups excluding carboxylic acids is 1. The molecule has 0 amide bonds. The molecular formula is C20H14ClIN4O2. The highest BCUT2D eigenvalue weighted by Crippen LogP contribution is 2.18. The Morgan fingerprint density at radius 2 is 1.57 bits per heavy atom. The predicted molar refractivity (Wildman–Crippen MR) is 99.8 cm³/mol. The molecule has 0 radical (unpaired) electrons. The summed E-state index contributed by atoms with van der Waals surface area (Å²) in [4.78, 5) is 15.5. The van der Waals surface area contributed by atoms with Gasteiger partial charge in [0, 0.05) is 5.02 Å². The van der Waals surface area contributed by atoms with Crippen molar-refractivity contribution in [1.29, 1.82) is 0 Å². The van der Waals surface area contributed by atoms with Gasteiger partial charge in [-0.25, -0.2) is 0 Å². The number of phenolic OH excluding ortho intramolecular Hbond substituents is 1. The van der Waals surface area contributed by atoms with E-state index >= 15 is 0 Å². The maximum absolute atomic E-state index is 13.0. The zero-order valence-electron chi connectivity index (χ0n) is 14.4. The molecule has 0 spiro atoms. The Balaban J connectivity index is 0.00000225. The molecule has 0 aliphatic heterocycles. The second kappa shape index (κ2) is 8.49. The van der Waals surface area contributed by atoms with E-state index in [-0.39, 0.29) is 35.3 Å². The molecule has 0 unspecified atom stereocenters. The van der Waals surface area contributed by atoms with E-state index in [0.717, 1.165) is 10.4 Å². The Morgan fingerprint density at radius 1 is 0.929 bits per heavy atom. The van der Waals surface area contributed by atoms with Gasteiger partial charge in [0.25, 0.3) is 0 Å². The molecule has 6 nitrogen and oxygen atoms in total. The van der Waals surface area contributed by atoms with E-state index in [1.54, 1.807) is 36.4 Å². The minimum absolute atomic E-state index is 0. The van der Waals surface area contributed by atoms with Gasteiger partial charge in [-0.1, -0.05) is 41.9 Å². The number of rotatable bonds is 3. The molecule has 28 heavy (non-hydrogen) atoms. The molecule has 0 aliphatic carbocycles. The fourth-order valence-electron chi connectivity index (χ4n) is 2.62. The Kier molecular flexibility index (Phi) is 6.05. The molecule has 0 atom stereocenters. The van der Waals surface area contributed by atoms with Crippen molar-refractivity contribution in [3.8, 4) is 22.8 Å². The summed E-state index contributed by atoms with van der Waals surface area (Å²) in [6.07, 6.45) is 0. The highest BCUT2D eigenvalue weighted by atomic mass is 127. The zero-order chi connectivity index (χ0) is 18.8. The quantitative estimate of drug-likeness (QED) is 0.321. The van der Waals surface area contributed by atoms with Gasteiger partial charge < -0.3 is 29.1 Å². The van der Waals surface area contributed by atoms with Crippen LogP contribution in [0.1, 0.15) is 10.4 Å². The fraction of sp³-hybridized carbons (Fsp3) is 0. The van der Waals surface area contributed by atoms with Crippen molar-refractivity contribution in [3.63, 3.8) is 0 Å². The maximum atomic E-state index is 13.0. The lowest BCUT2D eigenvalue weighted by atomic mass is 10.2. The molecular weight excluding hydrogens is 491 g/mol. The third-order valence-corrected chi connectivity index (χ3v) is 4.22. The number of benzene rings is 3. The van der Waals surface area contributed by atoms with Gasteiger partial charge in [0.05, 0.1) is 21.0 Å². The Morgan fingerprint density at radius 3 is 2.25 bits per heavy atom. The summed E-state index contributed by atoms with van der Waals surface area (Å²) < 4.78 is 0. The molecule has 4 rings (SSSR count). The molecule has 0 fully saturated rings. The number of tetrazole rings is 1. The molecule has 1 aromatic heterocycles. The third-order valence-electron chi connectivity index (χ3n) is 3.96. The van der Waals surface area contributed by atoms with Gasteiger partial charge in [-0.2, -0.15) is 0 Å². The highest BCUT2D eigenvalue weighted by Gasteiger charge is 2.29. The molecule has 0 saturated carbocycles. The summed E-state index contributed by atoms with van der Waals surface area (Å²) in [7, 11) is 0. The van der Waals surface area contributed by atoms with E-state index in [1.165, 1.54) is 16.9 Å². The van der Waals surface area contributed by atoms with Crippen LogP contribution in [0.3, 0.4) is 0 Å². The summed E-state index contributed by atoms with van der Waals surface area (Å²) in [5.74, 6) is -0.242. The normalized spacial score (nSPS) is 10.3. The van der Waals surface area contributed by atoms with Gasteiger partial charge in [0.2, 0.25) is 0 Å². The smallest absolute Gasteiger partial charge is 0.343 e. The molecule has 0 aliphatic rings. The highest BCUT2D eigenvalue weighted by molar-refractivity contribution is 6.30. The van der Waals surface area contributed by atoms with Crippen LogP contribution in [0.2, 0.25) is 5.02 Å². The topological polar surface area (TPSA) is 71.9 Å². The lowest BCUT2D eigenvalue weighted by Gasteiger charge is -2.01. The maximum Gasteiger partial charge on any atom is 0.343 e. The van der Waals surface area contributed by atoms with E-state index in [1.807, 2.05) is 30.3 Å². The van der Waals surface area contributed by atoms with Crippen molar-refractivity contribution >= 4 is 17.5 Å². The number of hydrogen-bond acceptors (Lipinski definition) is 4. The van der Waals surface area contributed by atoms with Crippen LogP contribution in [0.5, 0.6) is 5.75 Å². The fourth-order valence-corrected chi connectivity index (χ4v) is 2.75. The average Bonchev–Trinajstić information content (AvgIpc) is 3.14. The predicted octanol–water partition coefficient (Wildman–Crippen LogP) is 0.273. The SMILES string of the molecule is O=C(c1ccccc1O)n1nc(-c2ccccc2)n[n+]1-c1ccc(Cl)cc1.[I-]. The lowest BCUT2D eigenvalue weighted by Crippen LogP contribution is -3.00. The summed E-state index contributed by atoms with van der Waals surface area (Å²) in [6.45, 7) is 0. The van der Waals surface area contributed by atoms with Crippen LogP contribution in [0.4, 0.5) is 0 Å². The van der Waals surface area contributed by atoms with E-state index in [2.05, 4.69) is 10.2 Å². The summed E-state index contributed by atoms with van der Waals surface area (Å²) in [6, 6.07) is 22.5. The molecule has 1 N–H and O–H groups in total. The zero-order valence-corrected chi connectivity index (χ0v) is 17.3. The molecule has 0 bridgehead atoms. The van der Waals surface area contributed by atoms with Crippen molar-refractivity contribution in [2.45, 2.75) is 0 Å². The van der Waals surface area contributed by atoms with Gasteiger partial charge in [0.1, 0.15) is 5.75 Å². The molecule has 8 heteroatoms. The summed E-state index contributed by atoms with van der Waals surface area (Å²) in [5.41, 5.74) is 1.51. The molecule has 3 aromatic carbocycles. The Labute approximate surface area is 183 Å². The van der Waals surface area contributed by atoms with Crippen LogP contribution in [-0.4, -0.2) is 26.0 Å². The number of halogens is 2. The first-order valence-corrected chi connectivity index (χ1v) is 8.55. The minimum Gasteiger partial charge on any atom is -1.00 e. The molecule has 0 saturated heterocycles. The lowest BCUT2D eigenvalue weighted by molar-refractivity contribution is -0.732. The van der Waals surface area contributed by atoms with Crippen LogP contribution >= 0.6 is 11.6 Å². The number of phenols is 1. The third kappa shape index (κ3) is 3.90. The van der Waals surface area contributed by atoms with Crippen LogP contribution in [0.15, 0.2) is 78.9 Å². The van der Waals surface area contributed by atoms with Crippen molar-refractivity contribution in [3.05, 3.63) is 89.4 Å². The van der Waals surface area contributed by atoms with Gasteiger partial charge in [0.15, 0.2) is 5.69 Å². The van der Waals surface area contributed by atoms with Crippen molar-refractivity contribution in [2.24, 2.45) is 0 Å². The van der Waals surface area contributed by atoms with E-state index in [0.29, 0.717) is 16.5 Å². The first kappa shape index (κ1) is 20.0. The van der Waals surface area contributed by atoms with Crippen LogP contribution in [0, 0.1) is 0 Å². The minimum atomic E-state index is -0.502.